The van der Waals surface area contributed by atoms with Crippen LogP contribution in [0.25, 0.3) is 0 Å². The molecule has 0 fully saturated rings. The zero-order valence-electron chi connectivity index (χ0n) is 17.1. The molecule has 1 amide bonds. The number of anilines is 1. The Labute approximate surface area is 180 Å². The SMILES string of the molecule is Cc1ccc(CN(CC(=O)Nc2ccc(F)c(F)c2)S(=O)(=O)c2ccc(C)cc2)cc1. The Morgan fingerprint density at radius 3 is 2.03 bits per heavy atom. The normalized spacial score (nSPS) is 11.5. The van der Waals surface area contributed by atoms with E-state index in [2.05, 4.69) is 5.32 Å². The molecule has 0 radical (unpaired) electrons. The minimum atomic E-state index is -3.99. The molecule has 31 heavy (non-hydrogen) atoms. The molecule has 0 unspecified atom stereocenters. The smallest absolute Gasteiger partial charge is 0.243 e. The molecule has 0 aliphatic rings. The molecule has 5 nitrogen and oxygen atoms in total. The van der Waals surface area contributed by atoms with Gasteiger partial charge in [-0.3, -0.25) is 4.79 Å². The molecule has 3 aromatic rings. The van der Waals surface area contributed by atoms with Crippen LogP contribution in [-0.2, 0) is 21.4 Å². The number of nitrogens with one attached hydrogen (secondary N) is 1. The Morgan fingerprint density at radius 1 is 0.871 bits per heavy atom. The van der Waals surface area contributed by atoms with Crippen LogP contribution >= 0.6 is 0 Å². The van der Waals surface area contributed by atoms with Gasteiger partial charge in [-0.15, -0.1) is 0 Å². The number of sulfonamides is 1. The lowest BCUT2D eigenvalue weighted by molar-refractivity contribution is -0.116. The molecule has 0 heterocycles. The highest BCUT2D eigenvalue weighted by atomic mass is 32.2. The second kappa shape index (κ2) is 9.36. The van der Waals surface area contributed by atoms with Gasteiger partial charge in [-0.25, -0.2) is 17.2 Å². The molecule has 0 atom stereocenters. The molecule has 162 valence electrons. The van der Waals surface area contributed by atoms with E-state index in [1.807, 2.05) is 26.0 Å². The van der Waals surface area contributed by atoms with Gasteiger partial charge in [-0.2, -0.15) is 4.31 Å². The van der Waals surface area contributed by atoms with Crippen molar-refractivity contribution in [1.29, 1.82) is 0 Å². The predicted octanol–water partition coefficient (Wildman–Crippen LogP) is 4.41. The first kappa shape index (κ1) is 22.6. The van der Waals surface area contributed by atoms with Crippen molar-refractivity contribution in [2.75, 3.05) is 11.9 Å². The summed E-state index contributed by atoms with van der Waals surface area (Å²) in [5.74, 6) is -2.82. The molecular formula is C23H22F2N2O3S. The molecule has 0 aromatic heterocycles. The summed E-state index contributed by atoms with van der Waals surface area (Å²) in [6.45, 7) is 3.24. The monoisotopic (exact) mass is 444 g/mol. The zero-order chi connectivity index (χ0) is 22.6. The molecule has 0 saturated carbocycles. The topological polar surface area (TPSA) is 66.5 Å². The van der Waals surface area contributed by atoms with Gasteiger partial charge in [0.2, 0.25) is 15.9 Å². The van der Waals surface area contributed by atoms with Crippen LogP contribution in [0, 0.1) is 25.5 Å². The molecule has 8 heteroatoms. The van der Waals surface area contributed by atoms with E-state index < -0.39 is 34.1 Å². The highest BCUT2D eigenvalue weighted by molar-refractivity contribution is 7.89. The standard InChI is InChI=1S/C23H22F2N2O3S/c1-16-3-7-18(8-4-16)14-27(31(29,30)20-10-5-17(2)6-11-20)15-23(28)26-19-9-12-21(24)22(25)13-19/h3-13H,14-15H2,1-2H3,(H,26,28). The quantitative estimate of drug-likeness (QED) is 0.587. The van der Waals surface area contributed by atoms with E-state index in [9.17, 15) is 22.0 Å². The van der Waals surface area contributed by atoms with E-state index in [4.69, 9.17) is 0 Å². The lowest BCUT2D eigenvalue weighted by Crippen LogP contribution is -2.37. The van der Waals surface area contributed by atoms with Gasteiger partial charge in [-0.1, -0.05) is 47.5 Å². The van der Waals surface area contributed by atoms with Gasteiger partial charge in [0.05, 0.1) is 11.4 Å². The summed E-state index contributed by atoms with van der Waals surface area (Å²) in [5.41, 5.74) is 2.67. The Morgan fingerprint density at radius 2 is 1.45 bits per heavy atom. The third kappa shape index (κ3) is 5.74. The minimum absolute atomic E-state index is 0.0261. The lowest BCUT2D eigenvalue weighted by Gasteiger charge is -2.22. The zero-order valence-corrected chi connectivity index (χ0v) is 17.9. The number of carbonyl (C=O) groups is 1. The van der Waals surface area contributed by atoms with E-state index in [1.165, 1.54) is 18.2 Å². The first-order chi connectivity index (χ1) is 14.6. The average molecular weight is 445 g/mol. The van der Waals surface area contributed by atoms with Crippen LogP contribution in [0.15, 0.2) is 71.6 Å². The number of rotatable bonds is 7. The fourth-order valence-electron chi connectivity index (χ4n) is 2.92. The molecular weight excluding hydrogens is 422 g/mol. The van der Waals surface area contributed by atoms with E-state index in [0.717, 1.165) is 27.6 Å². The summed E-state index contributed by atoms with van der Waals surface area (Å²) in [6, 6.07) is 16.6. The number of hydrogen-bond acceptors (Lipinski definition) is 3. The first-order valence-electron chi connectivity index (χ1n) is 9.52. The van der Waals surface area contributed by atoms with Gasteiger partial charge < -0.3 is 5.32 Å². The van der Waals surface area contributed by atoms with Crippen molar-refractivity contribution >= 4 is 21.6 Å². The molecule has 0 bridgehead atoms. The summed E-state index contributed by atoms with van der Waals surface area (Å²) in [7, 11) is -3.99. The van der Waals surface area contributed by atoms with Crippen molar-refractivity contribution in [3.8, 4) is 0 Å². The number of carbonyl (C=O) groups excluding carboxylic acids is 1. The molecule has 3 aromatic carbocycles. The maximum Gasteiger partial charge on any atom is 0.243 e. The van der Waals surface area contributed by atoms with Crippen LogP contribution < -0.4 is 5.32 Å². The van der Waals surface area contributed by atoms with Crippen molar-refractivity contribution in [2.45, 2.75) is 25.3 Å². The molecule has 1 N–H and O–H groups in total. The molecule has 0 aliphatic heterocycles. The fourth-order valence-corrected chi connectivity index (χ4v) is 4.30. The van der Waals surface area contributed by atoms with Gasteiger partial charge in [-0.05, 0) is 43.7 Å². The van der Waals surface area contributed by atoms with E-state index in [1.54, 1.807) is 24.3 Å². The number of aryl methyl sites for hydroxylation is 2. The second-order valence-corrected chi connectivity index (χ2v) is 9.19. The first-order valence-corrected chi connectivity index (χ1v) is 11.0. The van der Waals surface area contributed by atoms with Crippen LogP contribution in [0.2, 0.25) is 0 Å². The minimum Gasteiger partial charge on any atom is -0.325 e. The molecule has 0 aliphatic carbocycles. The summed E-state index contributed by atoms with van der Waals surface area (Å²) >= 11 is 0. The second-order valence-electron chi connectivity index (χ2n) is 7.25. The van der Waals surface area contributed by atoms with Crippen molar-refractivity contribution in [1.82, 2.24) is 4.31 Å². The van der Waals surface area contributed by atoms with Crippen LogP contribution in [-0.4, -0.2) is 25.2 Å². The van der Waals surface area contributed by atoms with Gasteiger partial charge in [0.15, 0.2) is 11.6 Å². The third-order valence-electron chi connectivity index (χ3n) is 4.66. The van der Waals surface area contributed by atoms with Crippen LogP contribution in [0.3, 0.4) is 0 Å². The fraction of sp³-hybridized carbons (Fsp3) is 0.174. The van der Waals surface area contributed by atoms with Crippen LogP contribution in [0.4, 0.5) is 14.5 Å². The van der Waals surface area contributed by atoms with Crippen molar-refractivity contribution in [3.63, 3.8) is 0 Å². The Balaban J connectivity index is 1.87. The van der Waals surface area contributed by atoms with Crippen molar-refractivity contribution in [3.05, 3.63) is 95.1 Å². The van der Waals surface area contributed by atoms with Gasteiger partial charge in [0.1, 0.15) is 0 Å². The Kier molecular flexibility index (Phi) is 6.82. The van der Waals surface area contributed by atoms with E-state index in [-0.39, 0.29) is 17.1 Å². The maximum absolute atomic E-state index is 13.4. The van der Waals surface area contributed by atoms with Gasteiger partial charge >= 0.3 is 0 Å². The molecule has 0 saturated heterocycles. The third-order valence-corrected chi connectivity index (χ3v) is 6.47. The van der Waals surface area contributed by atoms with Gasteiger partial charge in [0, 0.05) is 18.3 Å². The number of halogens is 2. The highest BCUT2D eigenvalue weighted by Gasteiger charge is 2.27. The van der Waals surface area contributed by atoms with Gasteiger partial charge in [0.25, 0.3) is 0 Å². The lowest BCUT2D eigenvalue weighted by atomic mass is 10.1. The largest absolute Gasteiger partial charge is 0.325 e. The van der Waals surface area contributed by atoms with Crippen LogP contribution in [0.1, 0.15) is 16.7 Å². The van der Waals surface area contributed by atoms with Crippen molar-refractivity contribution < 1.29 is 22.0 Å². The summed E-state index contributed by atoms with van der Waals surface area (Å²) < 4.78 is 54.1. The number of benzene rings is 3. The van der Waals surface area contributed by atoms with E-state index in [0.29, 0.717) is 5.56 Å². The number of hydrogen-bond donors (Lipinski definition) is 1. The van der Waals surface area contributed by atoms with E-state index >= 15 is 0 Å². The average Bonchev–Trinajstić information content (AvgIpc) is 2.72. The summed E-state index contributed by atoms with van der Waals surface area (Å²) in [4.78, 5) is 12.6. The molecule has 0 spiro atoms. The maximum atomic E-state index is 13.4. The number of nitrogens with zero attached hydrogens (tertiary/aromatic N) is 1. The summed E-state index contributed by atoms with van der Waals surface area (Å²) in [5, 5.41) is 2.42. The predicted molar refractivity (Wildman–Crippen MR) is 115 cm³/mol. The summed E-state index contributed by atoms with van der Waals surface area (Å²) in [6.07, 6.45) is 0. The highest BCUT2D eigenvalue weighted by Crippen LogP contribution is 2.20. The Bertz CT molecular complexity index is 1180. The molecule has 3 rings (SSSR count). The Hall–Kier alpha value is -3.10. The van der Waals surface area contributed by atoms with Crippen molar-refractivity contribution in [2.24, 2.45) is 0 Å². The van der Waals surface area contributed by atoms with Crippen LogP contribution in [0.5, 0.6) is 0 Å². The number of amides is 1.